The Bertz CT molecular complexity index is 747. The molecule has 1 aliphatic rings. The number of thioether (sulfide) groups is 1. The van der Waals surface area contributed by atoms with Gasteiger partial charge in [0.1, 0.15) is 0 Å². The highest BCUT2D eigenvalue weighted by Crippen LogP contribution is 2.24. The van der Waals surface area contributed by atoms with Gasteiger partial charge < -0.3 is 15.0 Å². The molecular formula is C21H31N5O2S. The number of carbonyl (C=O) groups is 1. The van der Waals surface area contributed by atoms with E-state index in [1.807, 2.05) is 18.2 Å². The fourth-order valence-corrected chi connectivity index (χ4v) is 4.01. The van der Waals surface area contributed by atoms with Gasteiger partial charge in [0.15, 0.2) is 5.16 Å². The first-order chi connectivity index (χ1) is 14.3. The first-order valence-electron chi connectivity index (χ1n) is 10.5. The summed E-state index contributed by atoms with van der Waals surface area (Å²) in [6.45, 7) is 6.61. The van der Waals surface area contributed by atoms with E-state index in [1.165, 1.54) is 30.2 Å². The molecule has 0 bridgehead atoms. The van der Waals surface area contributed by atoms with E-state index in [2.05, 4.69) is 44.0 Å². The Morgan fingerprint density at radius 2 is 1.93 bits per heavy atom. The maximum absolute atomic E-state index is 12.2. The van der Waals surface area contributed by atoms with Crippen molar-refractivity contribution >= 4 is 23.6 Å². The van der Waals surface area contributed by atoms with Crippen molar-refractivity contribution in [2.45, 2.75) is 44.3 Å². The molecule has 29 heavy (non-hydrogen) atoms. The zero-order valence-electron chi connectivity index (χ0n) is 17.2. The molecule has 0 spiro atoms. The lowest BCUT2D eigenvalue weighted by molar-refractivity contribution is -0.118. The highest BCUT2D eigenvalue weighted by atomic mass is 32.2. The van der Waals surface area contributed by atoms with Crippen LogP contribution >= 0.6 is 11.8 Å². The molecule has 3 rings (SSSR count). The fourth-order valence-electron chi connectivity index (χ4n) is 3.25. The minimum Gasteiger partial charge on any atom is -0.378 e. The van der Waals surface area contributed by atoms with Crippen LogP contribution in [0.3, 0.4) is 0 Å². The Morgan fingerprint density at radius 1 is 1.14 bits per heavy atom. The summed E-state index contributed by atoms with van der Waals surface area (Å²) in [5.74, 6) is 1.25. The van der Waals surface area contributed by atoms with Crippen LogP contribution < -0.4 is 10.2 Å². The lowest BCUT2D eigenvalue weighted by Crippen LogP contribution is -2.38. The van der Waals surface area contributed by atoms with E-state index in [4.69, 9.17) is 4.74 Å². The standard InChI is InChI=1S/C21H31N5O2S/c1-2-3-4-8-11-22-19(27)17-29-21-24-23-20(25-12-14-28-15-13-25)26(21)16-18-9-6-5-7-10-18/h5-7,9-10H,2-4,8,11-17H2,1H3,(H,22,27). The van der Waals surface area contributed by atoms with Crippen molar-refractivity contribution in [2.24, 2.45) is 0 Å². The molecule has 2 heterocycles. The zero-order valence-corrected chi connectivity index (χ0v) is 18.0. The Hall–Kier alpha value is -2.06. The molecule has 1 amide bonds. The van der Waals surface area contributed by atoms with Crippen molar-refractivity contribution in [2.75, 3.05) is 43.5 Å². The third-order valence-electron chi connectivity index (χ3n) is 4.86. The van der Waals surface area contributed by atoms with E-state index in [-0.39, 0.29) is 5.91 Å². The normalized spacial score (nSPS) is 14.2. The molecule has 0 radical (unpaired) electrons. The van der Waals surface area contributed by atoms with Gasteiger partial charge in [0.05, 0.1) is 25.5 Å². The zero-order chi connectivity index (χ0) is 20.3. The highest BCUT2D eigenvalue weighted by molar-refractivity contribution is 7.99. The lowest BCUT2D eigenvalue weighted by atomic mass is 10.2. The molecule has 1 aromatic carbocycles. The van der Waals surface area contributed by atoms with Crippen LogP contribution in [-0.4, -0.2) is 59.3 Å². The quantitative estimate of drug-likeness (QED) is 0.448. The fraction of sp³-hybridized carbons (Fsp3) is 0.571. The van der Waals surface area contributed by atoms with E-state index in [1.54, 1.807) is 0 Å². The number of anilines is 1. The minimum absolute atomic E-state index is 0.0497. The topological polar surface area (TPSA) is 72.3 Å². The monoisotopic (exact) mass is 417 g/mol. The van der Waals surface area contributed by atoms with Crippen molar-refractivity contribution in [1.82, 2.24) is 20.1 Å². The Morgan fingerprint density at radius 3 is 2.69 bits per heavy atom. The second-order valence-electron chi connectivity index (χ2n) is 7.15. The smallest absolute Gasteiger partial charge is 0.230 e. The molecular weight excluding hydrogens is 386 g/mol. The van der Waals surface area contributed by atoms with Crippen LogP contribution in [0.2, 0.25) is 0 Å². The van der Waals surface area contributed by atoms with Crippen LogP contribution in [0.15, 0.2) is 35.5 Å². The molecule has 0 unspecified atom stereocenters. The maximum Gasteiger partial charge on any atom is 0.230 e. The van der Waals surface area contributed by atoms with E-state index in [9.17, 15) is 4.79 Å². The predicted octanol–water partition coefficient (Wildman–Crippen LogP) is 2.95. The van der Waals surface area contributed by atoms with Gasteiger partial charge >= 0.3 is 0 Å². The lowest BCUT2D eigenvalue weighted by Gasteiger charge is -2.28. The number of hydrogen-bond donors (Lipinski definition) is 1. The van der Waals surface area contributed by atoms with Crippen molar-refractivity contribution in [1.29, 1.82) is 0 Å². The summed E-state index contributed by atoms with van der Waals surface area (Å²) in [6, 6.07) is 10.3. The maximum atomic E-state index is 12.2. The number of aromatic nitrogens is 3. The third kappa shape index (κ3) is 6.75. The number of carbonyl (C=O) groups excluding carboxylic acids is 1. The Kier molecular flexibility index (Phi) is 8.82. The molecule has 158 valence electrons. The number of nitrogens with one attached hydrogen (secondary N) is 1. The van der Waals surface area contributed by atoms with Crippen LogP contribution in [0.25, 0.3) is 0 Å². The summed E-state index contributed by atoms with van der Waals surface area (Å²) < 4.78 is 7.58. The number of nitrogens with zero attached hydrogens (tertiary/aromatic N) is 4. The number of amides is 1. The summed E-state index contributed by atoms with van der Waals surface area (Å²) in [6.07, 6.45) is 4.62. The van der Waals surface area contributed by atoms with Crippen molar-refractivity contribution in [3.05, 3.63) is 35.9 Å². The molecule has 0 aliphatic carbocycles. The number of unbranched alkanes of at least 4 members (excludes halogenated alkanes) is 3. The molecule has 1 N–H and O–H groups in total. The van der Waals surface area contributed by atoms with E-state index in [0.29, 0.717) is 25.5 Å². The molecule has 1 aromatic heterocycles. The first-order valence-corrected chi connectivity index (χ1v) is 11.5. The summed E-state index contributed by atoms with van der Waals surface area (Å²) in [5, 5.41) is 12.6. The van der Waals surface area contributed by atoms with Crippen LogP contribution in [-0.2, 0) is 16.1 Å². The van der Waals surface area contributed by atoms with Crippen LogP contribution in [0.5, 0.6) is 0 Å². The minimum atomic E-state index is 0.0497. The molecule has 7 nitrogen and oxygen atoms in total. The first kappa shape index (κ1) is 21.6. The highest BCUT2D eigenvalue weighted by Gasteiger charge is 2.21. The third-order valence-corrected chi connectivity index (χ3v) is 5.83. The van der Waals surface area contributed by atoms with Gasteiger partial charge in [-0.25, -0.2) is 0 Å². The van der Waals surface area contributed by atoms with Crippen molar-refractivity contribution < 1.29 is 9.53 Å². The molecule has 1 aliphatic heterocycles. The Balaban J connectivity index is 1.62. The molecule has 1 fully saturated rings. The second-order valence-corrected chi connectivity index (χ2v) is 8.10. The van der Waals surface area contributed by atoms with Gasteiger partial charge in [-0.15, -0.1) is 10.2 Å². The summed E-state index contributed by atoms with van der Waals surface area (Å²) in [5.41, 5.74) is 1.18. The number of rotatable bonds is 11. The molecule has 2 aromatic rings. The van der Waals surface area contributed by atoms with Crippen LogP contribution in [0.4, 0.5) is 5.95 Å². The molecule has 0 atom stereocenters. The van der Waals surface area contributed by atoms with Gasteiger partial charge in [0, 0.05) is 19.6 Å². The van der Waals surface area contributed by atoms with Gasteiger partial charge in [-0.2, -0.15) is 0 Å². The average Bonchev–Trinajstić information content (AvgIpc) is 3.16. The second kappa shape index (κ2) is 11.8. The van der Waals surface area contributed by atoms with Gasteiger partial charge in [0.2, 0.25) is 11.9 Å². The van der Waals surface area contributed by atoms with Crippen molar-refractivity contribution in [3.63, 3.8) is 0 Å². The number of benzene rings is 1. The van der Waals surface area contributed by atoms with Crippen LogP contribution in [0.1, 0.15) is 38.2 Å². The summed E-state index contributed by atoms with van der Waals surface area (Å²) >= 11 is 1.45. The molecule has 0 saturated carbocycles. The van der Waals surface area contributed by atoms with E-state index in [0.717, 1.165) is 43.6 Å². The molecule has 8 heteroatoms. The van der Waals surface area contributed by atoms with Gasteiger partial charge in [-0.05, 0) is 12.0 Å². The summed E-state index contributed by atoms with van der Waals surface area (Å²) in [4.78, 5) is 14.4. The number of hydrogen-bond acceptors (Lipinski definition) is 6. The Labute approximate surface area is 177 Å². The van der Waals surface area contributed by atoms with Gasteiger partial charge in [0.25, 0.3) is 0 Å². The van der Waals surface area contributed by atoms with Gasteiger partial charge in [-0.1, -0.05) is 68.3 Å². The van der Waals surface area contributed by atoms with Crippen molar-refractivity contribution in [3.8, 4) is 0 Å². The van der Waals surface area contributed by atoms with E-state index < -0.39 is 0 Å². The number of morpholine rings is 1. The summed E-state index contributed by atoms with van der Waals surface area (Å²) in [7, 11) is 0. The SMILES string of the molecule is CCCCCCNC(=O)CSc1nnc(N2CCOCC2)n1Cc1ccccc1. The largest absolute Gasteiger partial charge is 0.378 e. The predicted molar refractivity (Wildman–Crippen MR) is 116 cm³/mol. The average molecular weight is 418 g/mol. The van der Waals surface area contributed by atoms with Crippen LogP contribution in [0, 0.1) is 0 Å². The van der Waals surface area contributed by atoms with Gasteiger partial charge in [-0.3, -0.25) is 9.36 Å². The number of ether oxygens (including phenoxy) is 1. The van der Waals surface area contributed by atoms with E-state index >= 15 is 0 Å². The molecule has 1 saturated heterocycles.